The van der Waals surface area contributed by atoms with E-state index in [9.17, 15) is 9.59 Å². The van der Waals surface area contributed by atoms with Crippen LogP contribution in [0.5, 0.6) is 5.75 Å². The zero-order chi connectivity index (χ0) is 22.5. The molecule has 5 nitrogen and oxygen atoms in total. The summed E-state index contributed by atoms with van der Waals surface area (Å²) in [5, 5.41) is 2.90. The van der Waals surface area contributed by atoms with Crippen LogP contribution in [0.25, 0.3) is 0 Å². The molecule has 0 heterocycles. The van der Waals surface area contributed by atoms with E-state index in [0.717, 1.165) is 41.1 Å². The first-order chi connectivity index (χ1) is 15.5. The summed E-state index contributed by atoms with van der Waals surface area (Å²) in [5.74, 6) is 0.967. The predicted molar refractivity (Wildman–Crippen MR) is 127 cm³/mol. The number of hydrogen-bond acceptors (Lipinski definition) is 3. The molecule has 0 spiro atoms. The molecule has 0 aromatic heterocycles. The van der Waals surface area contributed by atoms with Gasteiger partial charge >= 0.3 is 0 Å². The van der Waals surface area contributed by atoms with E-state index < -0.39 is 0 Å². The Morgan fingerprint density at radius 1 is 0.969 bits per heavy atom. The lowest BCUT2D eigenvalue weighted by molar-refractivity contribution is -0.120. The first-order valence-corrected chi connectivity index (χ1v) is 10.9. The number of carbonyl (C=O) groups is 2. The molecular formula is C27H28N2O3. The molecule has 1 saturated carbocycles. The Balaban J connectivity index is 1.43. The SMILES string of the molecule is COc1ccc(NC(=O)Cc2ccc(N(Cc3cccc(C)c3)C(=O)C3CC3)cc2)cc1. The number of ether oxygens (including phenoxy) is 1. The monoisotopic (exact) mass is 428 g/mol. The highest BCUT2D eigenvalue weighted by molar-refractivity contribution is 5.96. The number of rotatable bonds is 8. The molecule has 1 aliphatic carbocycles. The summed E-state index contributed by atoms with van der Waals surface area (Å²) < 4.78 is 5.14. The Labute approximate surface area is 189 Å². The van der Waals surface area contributed by atoms with E-state index in [1.807, 2.05) is 59.5 Å². The summed E-state index contributed by atoms with van der Waals surface area (Å²) >= 11 is 0. The van der Waals surface area contributed by atoms with Crippen LogP contribution in [0, 0.1) is 12.8 Å². The highest BCUT2D eigenvalue weighted by Crippen LogP contribution is 2.33. The zero-order valence-corrected chi connectivity index (χ0v) is 18.5. The van der Waals surface area contributed by atoms with E-state index in [4.69, 9.17) is 4.74 Å². The summed E-state index contributed by atoms with van der Waals surface area (Å²) in [6, 6.07) is 23.2. The van der Waals surface area contributed by atoms with Crippen LogP contribution in [0.1, 0.15) is 29.5 Å². The van der Waals surface area contributed by atoms with Gasteiger partial charge in [0, 0.05) is 17.3 Å². The third-order valence-corrected chi connectivity index (χ3v) is 5.60. The van der Waals surface area contributed by atoms with Crippen LogP contribution in [-0.2, 0) is 22.6 Å². The van der Waals surface area contributed by atoms with Gasteiger partial charge in [-0.3, -0.25) is 9.59 Å². The van der Waals surface area contributed by atoms with Crippen molar-refractivity contribution in [1.29, 1.82) is 0 Å². The van der Waals surface area contributed by atoms with E-state index in [0.29, 0.717) is 6.54 Å². The Morgan fingerprint density at radius 3 is 2.31 bits per heavy atom. The fourth-order valence-corrected chi connectivity index (χ4v) is 3.70. The van der Waals surface area contributed by atoms with E-state index in [-0.39, 0.29) is 24.2 Å². The Bertz CT molecular complexity index is 1090. The number of nitrogens with one attached hydrogen (secondary N) is 1. The molecule has 0 aliphatic heterocycles. The summed E-state index contributed by atoms with van der Waals surface area (Å²) in [6.45, 7) is 2.61. The summed E-state index contributed by atoms with van der Waals surface area (Å²) in [5.41, 5.74) is 4.78. The standard InChI is InChI=1S/C27H28N2O3/c1-19-4-3-5-21(16-19)18-29(27(31)22-8-9-22)24-12-6-20(7-13-24)17-26(30)28-23-10-14-25(32-2)15-11-23/h3-7,10-16,22H,8-9,17-18H2,1-2H3,(H,28,30). The second kappa shape index (κ2) is 9.69. The largest absolute Gasteiger partial charge is 0.497 e. The second-order valence-electron chi connectivity index (χ2n) is 8.31. The minimum Gasteiger partial charge on any atom is -0.497 e. The molecule has 4 rings (SSSR count). The van der Waals surface area contributed by atoms with Gasteiger partial charge in [0.25, 0.3) is 0 Å². The topological polar surface area (TPSA) is 58.6 Å². The second-order valence-corrected chi connectivity index (χ2v) is 8.31. The van der Waals surface area contributed by atoms with E-state index in [1.165, 1.54) is 5.56 Å². The van der Waals surface area contributed by atoms with Gasteiger partial charge in [-0.05, 0) is 67.3 Å². The van der Waals surface area contributed by atoms with Crippen LogP contribution in [-0.4, -0.2) is 18.9 Å². The van der Waals surface area contributed by atoms with Crippen molar-refractivity contribution < 1.29 is 14.3 Å². The number of carbonyl (C=O) groups excluding carboxylic acids is 2. The lowest BCUT2D eigenvalue weighted by atomic mass is 10.1. The molecule has 5 heteroatoms. The van der Waals surface area contributed by atoms with Gasteiger partial charge in [0.15, 0.2) is 0 Å². The van der Waals surface area contributed by atoms with Crippen LogP contribution in [0.4, 0.5) is 11.4 Å². The van der Waals surface area contributed by atoms with Crippen molar-refractivity contribution in [2.24, 2.45) is 5.92 Å². The van der Waals surface area contributed by atoms with Crippen molar-refractivity contribution >= 4 is 23.2 Å². The number of methoxy groups -OCH3 is 1. The van der Waals surface area contributed by atoms with Gasteiger partial charge in [0.1, 0.15) is 5.75 Å². The first kappa shape index (κ1) is 21.6. The number of benzene rings is 3. The number of anilines is 2. The lowest BCUT2D eigenvalue weighted by Gasteiger charge is -2.23. The molecule has 1 aliphatic rings. The normalized spacial score (nSPS) is 12.8. The van der Waals surface area contributed by atoms with Crippen molar-refractivity contribution in [3.63, 3.8) is 0 Å². The maximum absolute atomic E-state index is 13.0. The summed E-state index contributed by atoms with van der Waals surface area (Å²) in [4.78, 5) is 27.3. The van der Waals surface area contributed by atoms with E-state index in [1.54, 1.807) is 7.11 Å². The maximum Gasteiger partial charge on any atom is 0.230 e. The van der Waals surface area contributed by atoms with Crippen LogP contribution in [0.2, 0.25) is 0 Å². The van der Waals surface area contributed by atoms with Crippen molar-refractivity contribution in [2.75, 3.05) is 17.3 Å². The Hall–Kier alpha value is -3.60. The number of nitrogens with zero attached hydrogens (tertiary/aromatic N) is 1. The average Bonchev–Trinajstić information content (AvgIpc) is 3.64. The number of aryl methyl sites for hydroxylation is 1. The molecule has 0 atom stereocenters. The minimum absolute atomic E-state index is 0.0893. The van der Waals surface area contributed by atoms with Gasteiger partial charge < -0.3 is 15.0 Å². The quantitative estimate of drug-likeness (QED) is 0.541. The molecule has 1 fully saturated rings. The maximum atomic E-state index is 13.0. The molecule has 0 radical (unpaired) electrons. The van der Waals surface area contributed by atoms with Crippen LogP contribution in [0.15, 0.2) is 72.8 Å². The summed E-state index contributed by atoms with van der Waals surface area (Å²) in [6.07, 6.45) is 2.19. The highest BCUT2D eigenvalue weighted by Gasteiger charge is 2.34. The molecular weight excluding hydrogens is 400 g/mol. The first-order valence-electron chi connectivity index (χ1n) is 10.9. The van der Waals surface area contributed by atoms with E-state index in [2.05, 4.69) is 30.4 Å². The number of amides is 2. The lowest BCUT2D eigenvalue weighted by Crippen LogP contribution is -2.31. The molecule has 0 bridgehead atoms. The van der Waals surface area contributed by atoms with Gasteiger partial charge in [0.2, 0.25) is 11.8 Å². The molecule has 32 heavy (non-hydrogen) atoms. The Kier molecular flexibility index (Phi) is 6.55. The smallest absolute Gasteiger partial charge is 0.230 e. The zero-order valence-electron chi connectivity index (χ0n) is 18.5. The third-order valence-electron chi connectivity index (χ3n) is 5.60. The van der Waals surface area contributed by atoms with Crippen molar-refractivity contribution in [2.45, 2.75) is 32.7 Å². The van der Waals surface area contributed by atoms with Crippen LogP contribution < -0.4 is 15.0 Å². The molecule has 1 N–H and O–H groups in total. The van der Waals surface area contributed by atoms with Crippen molar-refractivity contribution in [3.8, 4) is 5.75 Å². The van der Waals surface area contributed by atoms with Gasteiger partial charge in [0.05, 0.1) is 20.1 Å². The van der Waals surface area contributed by atoms with Crippen LogP contribution >= 0.6 is 0 Å². The fourth-order valence-electron chi connectivity index (χ4n) is 3.70. The molecule has 3 aromatic carbocycles. The van der Waals surface area contributed by atoms with Crippen molar-refractivity contribution in [3.05, 3.63) is 89.5 Å². The van der Waals surface area contributed by atoms with Gasteiger partial charge in [-0.2, -0.15) is 0 Å². The predicted octanol–water partition coefficient (Wildman–Crippen LogP) is 5.13. The van der Waals surface area contributed by atoms with Crippen molar-refractivity contribution in [1.82, 2.24) is 0 Å². The van der Waals surface area contributed by atoms with Gasteiger partial charge in [-0.15, -0.1) is 0 Å². The minimum atomic E-state index is -0.0893. The summed E-state index contributed by atoms with van der Waals surface area (Å²) in [7, 11) is 1.61. The molecule has 164 valence electrons. The number of hydrogen-bond donors (Lipinski definition) is 1. The van der Waals surface area contributed by atoms with Gasteiger partial charge in [-0.1, -0.05) is 42.0 Å². The average molecular weight is 429 g/mol. The molecule has 3 aromatic rings. The Morgan fingerprint density at radius 2 is 1.69 bits per heavy atom. The molecule has 0 saturated heterocycles. The third kappa shape index (κ3) is 5.55. The molecule has 0 unspecified atom stereocenters. The molecule has 2 amide bonds. The van der Waals surface area contributed by atoms with Crippen LogP contribution in [0.3, 0.4) is 0 Å². The highest BCUT2D eigenvalue weighted by atomic mass is 16.5. The van der Waals surface area contributed by atoms with Gasteiger partial charge in [-0.25, -0.2) is 0 Å². The van der Waals surface area contributed by atoms with E-state index >= 15 is 0 Å². The fraction of sp³-hybridized carbons (Fsp3) is 0.259.